The summed E-state index contributed by atoms with van der Waals surface area (Å²) in [7, 11) is 1.44. The maximum Gasteiger partial charge on any atom is 0.305 e. The Labute approximate surface area is 158 Å². The first-order valence-electron chi connectivity index (χ1n) is 8.66. The van der Waals surface area contributed by atoms with Crippen molar-refractivity contribution in [2.75, 3.05) is 18.7 Å². The van der Waals surface area contributed by atoms with Crippen LogP contribution in [0, 0.1) is 13.8 Å². The van der Waals surface area contributed by atoms with Crippen molar-refractivity contribution in [1.82, 2.24) is 5.32 Å². The largest absolute Gasteiger partial charge is 0.481 e. The molecule has 1 aliphatic heterocycles. The Hall–Kier alpha value is -2.74. The zero-order valence-electron chi connectivity index (χ0n) is 16.0. The van der Waals surface area contributed by atoms with Gasteiger partial charge in [0.05, 0.1) is 24.3 Å². The summed E-state index contributed by atoms with van der Waals surface area (Å²) in [5, 5.41) is 17.3. The van der Waals surface area contributed by atoms with Gasteiger partial charge in [-0.3, -0.25) is 14.4 Å². The maximum atomic E-state index is 12.7. The minimum absolute atomic E-state index is 0.0396. The Morgan fingerprint density at radius 3 is 2.67 bits per heavy atom. The SMILES string of the molecule is COCC(C)(CC(=O)O)NC(=O)C1=NN(c2cc(C)ccc2C)C(=O)CC1. The molecule has 1 heterocycles. The predicted molar refractivity (Wildman–Crippen MR) is 101 cm³/mol. The number of carboxylic acid groups (broad SMARTS) is 1. The van der Waals surface area contributed by atoms with Crippen LogP contribution in [0.15, 0.2) is 23.3 Å². The van der Waals surface area contributed by atoms with Gasteiger partial charge < -0.3 is 15.2 Å². The molecule has 146 valence electrons. The Bertz CT molecular complexity index is 790. The Balaban J connectivity index is 2.28. The van der Waals surface area contributed by atoms with Crippen LogP contribution >= 0.6 is 0 Å². The standard InChI is InChI=1S/C19H25N3O5/c1-12-5-6-13(2)15(9-12)22-16(23)8-7-14(21-22)18(26)20-19(3,11-27-4)10-17(24)25/h5-6,9H,7-8,10-11H2,1-4H3,(H,20,26)(H,24,25). The van der Waals surface area contributed by atoms with Crippen LogP contribution in [0.25, 0.3) is 0 Å². The Kier molecular flexibility index (Phi) is 6.32. The number of nitrogens with one attached hydrogen (secondary N) is 1. The summed E-state index contributed by atoms with van der Waals surface area (Å²) in [6, 6.07) is 5.67. The molecule has 0 spiro atoms. The van der Waals surface area contributed by atoms with Crippen LogP contribution in [0.3, 0.4) is 0 Å². The van der Waals surface area contributed by atoms with Crippen molar-refractivity contribution in [3.63, 3.8) is 0 Å². The summed E-state index contributed by atoms with van der Waals surface area (Å²) in [4.78, 5) is 36.1. The number of carbonyl (C=O) groups excluding carboxylic acids is 2. The molecule has 2 rings (SSSR count). The predicted octanol–water partition coefficient (Wildman–Crippen LogP) is 1.78. The number of anilines is 1. The quantitative estimate of drug-likeness (QED) is 0.755. The molecular formula is C19H25N3O5. The number of ether oxygens (including phenoxy) is 1. The van der Waals surface area contributed by atoms with Gasteiger partial charge >= 0.3 is 5.97 Å². The molecule has 8 nitrogen and oxygen atoms in total. The van der Waals surface area contributed by atoms with Crippen LogP contribution in [-0.4, -0.2) is 47.9 Å². The van der Waals surface area contributed by atoms with Gasteiger partial charge in [-0.05, 0) is 38.0 Å². The number of carboxylic acids is 1. The molecule has 0 aromatic heterocycles. The Morgan fingerprint density at radius 2 is 2.04 bits per heavy atom. The lowest BCUT2D eigenvalue weighted by atomic mass is 9.98. The molecule has 0 aliphatic carbocycles. The molecule has 0 saturated carbocycles. The van der Waals surface area contributed by atoms with Crippen molar-refractivity contribution >= 4 is 29.2 Å². The molecule has 2 N–H and O–H groups in total. The van der Waals surface area contributed by atoms with E-state index >= 15 is 0 Å². The topological polar surface area (TPSA) is 108 Å². The number of benzene rings is 1. The molecule has 8 heteroatoms. The molecule has 27 heavy (non-hydrogen) atoms. The summed E-state index contributed by atoms with van der Waals surface area (Å²) in [5.41, 5.74) is 1.59. The highest BCUT2D eigenvalue weighted by atomic mass is 16.5. The van der Waals surface area contributed by atoms with E-state index in [0.717, 1.165) is 11.1 Å². The molecule has 1 atom stereocenters. The molecule has 0 bridgehead atoms. The first kappa shape index (κ1) is 20.6. The lowest BCUT2D eigenvalue weighted by Gasteiger charge is -2.30. The molecule has 0 radical (unpaired) electrons. The van der Waals surface area contributed by atoms with Crippen molar-refractivity contribution in [1.29, 1.82) is 0 Å². The van der Waals surface area contributed by atoms with Crippen LogP contribution in [0.1, 0.15) is 37.3 Å². The number of hydrogen-bond donors (Lipinski definition) is 2. The molecule has 1 aliphatic rings. The van der Waals surface area contributed by atoms with Gasteiger partial charge in [0, 0.05) is 20.0 Å². The van der Waals surface area contributed by atoms with E-state index in [1.54, 1.807) is 6.92 Å². The average Bonchev–Trinajstić information content (AvgIpc) is 2.56. The number of aliphatic carboxylic acids is 1. The van der Waals surface area contributed by atoms with Crippen molar-refractivity contribution in [3.05, 3.63) is 29.3 Å². The highest BCUT2D eigenvalue weighted by Crippen LogP contribution is 2.25. The number of methoxy groups -OCH3 is 1. The zero-order valence-corrected chi connectivity index (χ0v) is 16.0. The number of hydrogen-bond acceptors (Lipinski definition) is 5. The van der Waals surface area contributed by atoms with E-state index in [9.17, 15) is 14.4 Å². The van der Waals surface area contributed by atoms with E-state index in [2.05, 4.69) is 10.4 Å². The van der Waals surface area contributed by atoms with Gasteiger partial charge in [0.15, 0.2) is 0 Å². The lowest BCUT2D eigenvalue weighted by molar-refractivity contribution is -0.139. The smallest absolute Gasteiger partial charge is 0.305 e. The zero-order chi connectivity index (χ0) is 20.2. The van der Waals surface area contributed by atoms with Gasteiger partial charge in [0.2, 0.25) is 5.91 Å². The third-order valence-corrected chi connectivity index (χ3v) is 4.31. The molecule has 1 aromatic rings. The van der Waals surface area contributed by atoms with Crippen LogP contribution in [0.5, 0.6) is 0 Å². The number of hydrazone groups is 1. The summed E-state index contributed by atoms with van der Waals surface area (Å²) < 4.78 is 5.05. The number of rotatable bonds is 7. The van der Waals surface area contributed by atoms with Gasteiger partial charge in [-0.1, -0.05) is 12.1 Å². The van der Waals surface area contributed by atoms with Crippen LogP contribution in [-0.2, 0) is 19.1 Å². The van der Waals surface area contributed by atoms with E-state index in [0.29, 0.717) is 5.69 Å². The minimum atomic E-state index is -1.08. The number of carbonyl (C=O) groups is 3. The maximum absolute atomic E-state index is 12.7. The molecule has 1 unspecified atom stereocenters. The third-order valence-electron chi connectivity index (χ3n) is 4.31. The fourth-order valence-electron chi connectivity index (χ4n) is 2.98. The fourth-order valence-corrected chi connectivity index (χ4v) is 2.98. The molecule has 0 saturated heterocycles. The molecule has 1 aromatic carbocycles. The second kappa shape index (κ2) is 8.30. The number of nitrogens with zero attached hydrogens (tertiary/aromatic N) is 2. The van der Waals surface area contributed by atoms with Gasteiger partial charge in [-0.15, -0.1) is 0 Å². The summed E-state index contributed by atoms with van der Waals surface area (Å²) >= 11 is 0. The molecule has 2 amide bonds. The van der Waals surface area contributed by atoms with E-state index in [1.165, 1.54) is 12.1 Å². The van der Waals surface area contributed by atoms with Crippen molar-refractivity contribution in [2.24, 2.45) is 5.10 Å². The average molecular weight is 375 g/mol. The van der Waals surface area contributed by atoms with Crippen LogP contribution < -0.4 is 10.3 Å². The highest BCUT2D eigenvalue weighted by Gasteiger charge is 2.33. The normalized spacial score (nSPS) is 16.5. The summed E-state index contributed by atoms with van der Waals surface area (Å²) in [5.74, 6) is -1.74. The van der Waals surface area contributed by atoms with Crippen LogP contribution in [0.2, 0.25) is 0 Å². The lowest BCUT2D eigenvalue weighted by Crippen LogP contribution is -2.53. The molecular weight excluding hydrogens is 350 g/mol. The van der Waals surface area contributed by atoms with Gasteiger partial charge in [-0.25, -0.2) is 5.01 Å². The van der Waals surface area contributed by atoms with E-state index in [-0.39, 0.29) is 37.5 Å². The minimum Gasteiger partial charge on any atom is -0.481 e. The number of amides is 2. The van der Waals surface area contributed by atoms with Crippen LogP contribution in [0.4, 0.5) is 5.69 Å². The van der Waals surface area contributed by atoms with Crippen molar-refractivity contribution in [3.8, 4) is 0 Å². The van der Waals surface area contributed by atoms with Gasteiger partial charge in [0.25, 0.3) is 5.91 Å². The first-order valence-corrected chi connectivity index (χ1v) is 8.66. The monoisotopic (exact) mass is 375 g/mol. The second-order valence-electron chi connectivity index (χ2n) is 7.06. The number of aryl methyl sites for hydroxylation is 2. The summed E-state index contributed by atoms with van der Waals surface area (Å²) in [6.07, 6.45) is 0.0568. The Morgan fingerprint density at radius 1 is 1.33 bits per heavy atom. The van der Waals surface area contributed by atoms with E-state index < -0.39 is 17.4 Å². The first-order chi connectivity index (χ1) is 12.6. The fraction of sp³-hybridized carbons (Fsp3) is 0.474. The van der Waals surface area contributed by atoms with Crippen molar-refractivity contribution < 1.29 is 24.2 Å². The second-order valence-corrected chi connectivity index (χ2v) is 7.06. The van der Waals surface area contributed by atoms with E-state index in [4.69, 9.17) is 9.84 Å². The van der Waals surface area contributed by atoms with E-state index in [1.807, 2.05) is 32.0 Å². The van der Waals surface area contributed by atoms with Gasteiger partial charge in [-0.2, -0.15) is 5.10 Å². The third kappa shape index (κ3) is 5.13. The highest BCUT2D eigenvalue weighted by molar-refractivity contribution is 6.40. The molecule has 0 fully saturated rings. The van der Waals surface area contributed by atoms with Crippen molar-refractivity contribution in [2.45, 2.75) is 45.6 Å². The summed E-state index contributed by atoms with van der Waals surface area (Å²) in [6.45, 7) is 5.42. The van der Waals surface area contributed by atoms with Gasteiger partial charge in [0.1, 0.15) is 5.71 Å².